The van der Waals surface area contributed by atoms with Crippen LogP contribution in [0.4, 0.5) is 0 Å². The van der Waals surface area contributed by atoms with E-state index in [0.717, 1.165) is 29.6 Å². The van der Waals surface area contributed by atoms with Gasteiger partial charge >= 0.3 is 0 Å². The first-order valence-corrected chi connectivity index (χ1v) is 9.19. The standard InChI is InChI=1S/C19H40N2/c1-14(7-9-17(4)20)11-18-10-8-15(2)19(13-21(5)6)16(3)12-18/h14-19H,7-13,20H2,1-6H3. The topological polar surface area (TPSA) is 29.3 Å². The van der Waals surface area contributed by atoms with Crippen molar-refractivity contribution in [2.24, 2.45) is 35.3 Å². The van der Waals surface area contributed by atoms with Gasteiger partial charge in [-0.05, 0) is 76.3 Å². The van der Waals surface area contributed by atoms with Gasteiger partial charge in [0.05, 0.1) is 0 Å². The van der Waals surface area contributed by atoms with Crippen LogP contribution >= 0.6 is 0 Å². The monoisotopic (exact) mass is 296 g/mol. The average Bonchev–Trinajstić information content (AvgIpc) is 2.49. The molecule has 0 aromatic carbocycles. The minimum absolute atomic E-state index is 0.366. The number of nitrogens with zero attached hydrogens (tertiary/aromatic N) is 1. The Balaban J connectivity index is 2.48. The van der Waals surface area contributed by atoms with E-state index < -0.39 is 0 Å². The Morgan fingerprint density at radius 2 is 1.71 bits per heavy atom. The van der Waals surface area contributed by atoms with Crippen molar-refractivity contribution in [2.45, 2.75) is 72.3 Å². The second-order valence-corrected chi connectivity index (χ2v) is 8.46. The molecule has 0 aromatic rings. The normalized spacial score (nSPS) is 33.7. The van der Waals surface area contributed by atoms with E-state index in [9.17, 15) is 0 Å². The quantitative estimate of drug-likeness (QED) is 0.706. The Morgan fingerprint density at radius 3 is 2.29 bits per heavy atom. The van der Waals surface area contributed by atoms with Crippen molar-refractivity contribution >= 4 is 0 Å². The summed E-state index contributed by atoms with van der Waals surface area (Å²) in [4.78, 5) is 2.38. The Hall–Kier alpha value is -0.0800. The summed E-state index contributed by atoms with van der Waals surface area (Å²) in [6.07, 6.45) is 8.21. The molecule has 21 heavy (non-hydrogen) atoms. The first-order valence-electron chi connectivity index (χ1n) is 9.19. The molecule has 1 saturated carbocycles. The first-order chi connectivity index (χ1) is 9.79. The maximum Gasteiger partial charge on any atom is 0.00105 e. The predicted molar refractivity (Wildman–Crippen MR) is 94.4 cm³/mol. The smallest absolute Gasteiger partial charge is 0.00105 e. The average molecular weight is 297 g/mol. The van der Waals surface area contributed by atoms with Gasteiger partial charge in [0.15, 0.2) is 0 Å². The Morgan fingerprint density at radius 1 is 1.05 bits per heavy atom. The van der Waals surface area contributed by atoms with E-state index in [2.05, 4.69) is 46.7 Å². The van der Waals surface area contributed by atoms with E-state index in [1.165, 1.54) is 45.1 Å². The molecule has 0 aromatic heterocycles. The lowest BCUT2D eigenvalue weighted by atomic mass is 9.80. The third kappa shape index (κ3) is 7.15. The predicted octanol–water partition coefficient (Wildman–Crippen LogP) is 4.39. The highest BCUT2D eigenvalue weighted by molar-refractivity contribution is 4.82. The summed E-state index contributed by atoms with van der Waals surface area (Å²) in [7, 11) is 4.44. The van der Waals surface area contributed by atoms with Crippen LogP contribution in [-0.2, 0) is 0 Å². The van der Waals surface area contributed by atoms with Gasteiger partial charge in [-0.15, -0.1) is 0 Å². The molecule has 2 N–H and O–H groups in total. The summed E-state index contributed by atoms with van der Waals surface area (Å²) >= 11 is 0. The first kappa shape index (κ1) is 19.0. The van der Waals surface area contributed by atoms with Crippen LogP contribution in [0.15, 0.2) is 0 Å². The molecule has 0 radical (unpaired) electrons. The molecule has 2 heteroatoms. The van der Waals surface area contributed by atoms with E-state index in [1.54, 1.807) is 0 Å². The highest BCUT2D eigenvalue weighted by Gasteiger charge is 2.30. The van der Waals surface area contributed by atoms with Crippen LogP contribution in [0, 0.1) is 29.6 Å². The maximum atomic E-state index is 5.90. The molecule has 0 aliphatic heterocycles. The minimum atomic E-state index is 0.366. The number of hydrogen-bond acceptors (Lipinski definition) is 2. The summed E-state index contributed by atoms with van der Waals surface area (Å²) < 4.78 is 0. The largest absolute Gasteiger partial charge is 0.328 e. The van der Waals surface area contributed by atoms with E-state index in [1.807, 2.05) is 0 Å². The molecule has 1 rings (SSSR count). The number of nitrogens with two attached hydrogens (primary N) is 1. The number of rotatable bonds is 7. The van der Waals surface area contributed by atoms with Gasteiger partial charge in [0.2, 0.25) is 0 Å². The lowest BCUT2D eigenvalue weighted by molar-refractivity contribution is 0.188. The van der Waals surface area contributed by atoms with Crippen LogP contribution in [0.3, 0.4) is 0 Å². The highest BCUT2D eigenvalue weighted by Crippen LogP contribution is 2.38. The third-order valence-electron chi connectivity index (χ3n) is 5.62. The van der Waals surface area contributed by atoms with Crippen LogP contribution in [-0.4, -0.2) is 31.6 Å². The van der Waals surface area contributed by atoms with Crippen molar-refractivity contribution in [1.29, 1.82) is 0 Å². The highest BCUT2D eigenvalue weighted by atomic mass is 15.1. The second-order valence-electron chi connectivity index (χ2n) is 8.46. The molecule has 2 nitrogen and oxygen atoms in total. The van der Waals surface area contributed by atoms with Gasteiger partial charge in [-0.2, -0.15) is 0 Å². The maximum absolute atomic E-state index is 5.90. The zero-order valence-corrected chi connectivity index (χ0v) is 15.4. The van der Waals surface area contributed by atoms with Crippen molar-refractivity contribution in [3.8, 4) is 0 Å². The lowest BCUT2D eigenvalue weighted by Gasteiger charge is -2.30. The van der Waals surface area contributed by atoms with Crippen molar-refractivity contribution in [2.75, 3.05) is 20.6 Å². The summed E-state index contributed by atoms with van der Waals surface area (Å²) in [6.45, 7) is 10.8. The van der Waals surface area contributed by atoms with Crippen molar-refractivity contribution in [3.63, 3.8) is 0 Å². The van der Waals surface area contributed by atoms with Crippen LogP contribution in [0.1, 0.15) is 66.2 Å². The van der Waals surface area contributed by atoms with Crippen molar-refractivity contribution in [1.82, 2.24) is 4.90 Å². The SMILES string of the molecule is CC(N)CCC(C)CC1CCC(C)C(CN(C)C)C(C)C1. The van der Waals surface area contributed by atoms with Gasteiger partial charge in [0, 0.05) is 12.6 Å². The fourth-order valence-electron chi connectivity index (χ4n) is 4.32. The van der Waals surface area contributed by atoms with Crippen LogP contribution < -0.4 is 5.73 Å². The molecule has 126 valence electrons. The third-order valence-corrected chi connectivity index (χ3v) is 5.62. The van der Waals surface area contributed by atoms with Gasteiger partial charge in [0.1, 0.15) is 0 Å². The summed E-state index contributed by atoms with van der Waals surface area (Å²) in [6, 6.07) is 0.366. The van der Waals surface area contributed by atoms with Gasteiger partial charge in [-0.3, -0.25) is 0 Å². The number of hydrogen-bond donors (Lipinski definition) is 1. The Labute approximate surface area is 133 Å². The molecule has 1 aliphatic rings. The van der Waals surface area contributed by atoms with E-state index in [4.69, 9.17) is 5.73 Å². The molecule has 0 spiro atoms. The van der Waals surface area contributed by atoms with Crippen LogP contribution in [0.5, 0.6) is 0 Å². The van der Waals surface area contributed by atoms with Crippen LogP contribution in [0.2, 0.25) is 0 Å². The molecule has 6 atom stereocenters. The van der Waals surface area contributed by atoms with Gasteiger partial charge in [-0.25, -0.2) is 0 Å². The van der Waals surface area contributed by atoms with Crippen molar-refractivity contribution in [3.05, 3.63) is 0 Å². The Bertz CT molecular complexity index is 275. The van der Waals surface area contributed by atoms with Gasteiger partial charge in [0.25, 0.3) is 0 Å². The molecular weight excluding hydrogens is 256 g/mol. The molecule has 0 bridgehead atoms. The molecular formula is C19H40N2. The fraction of sp³-hybridized carbons (Fsp3) is 1.00. The molecule has 0 saturated heterocycles. The Kier molecular flexibility index (Phi) is 8.26. The lowest BCUT2D eigenvalue weighted by Crippen LogP contribution is -2.30. The van der Waals surface area contributed by atoms with Gasteiger partial charge < -0.3 is 10.6 Å². The summed E-state index contributed by atoms with van der Waals surface area (Å²) in [5, 5.41) is 0. The summed E-state index contributed by atoms with van der Waals surface area (Å²) in [5.74, 6) is 4.42. The summed E-state index contributed by atoms with van der Waals surface area (Å²) in [5.41, 5.74) is 5.90. The van der Waals surface area contributed by atoms with E-state index >= 15 is 0 Å². The molecule has 0 heterocycles. The zero-order valence-electron chi connectivity index (χ0n) is 15.4. The van der Waals surface area contributed by atoms with E-state index in [0.29, 0.717) is 6.04 Å². The molecule has 0 amide bonds. The van der Waals surface area contributed by atoms with E-state index in [-0.39, 0.29) is 0 Å². The van der Waals surface area contributed by atoms with Crippen molar-refractivity contribution < 1.29 is 0 Å². The van der Waals surface area contributed by atoms with Crippen LogP contribution in [0.25, 0.3) is 0 Å². The molecule has 1 fully saturated rings. The molecule has 6 unspecified atom stereocenters. The molecule has 1 aliphatic carbocycles. The second kappa shape index (κ2) is 9.15. The minimum Gasteiger partial charge on any atom is -0.328 e. The van der Waals surface area contributed by atoms with Gasteiger partial charge in [-0.1, -0.05) is 33.6 Å². The fourth-order valence-corrected chi connectivity index (χ4v) is 4.32. The zero-order chi connectivity index (χ0) is 16.0.